The zero-order valence-electron chi connectivity index (χ0n) is 49.4. The number of hydrogen-bond acceptors (Lipinski definition) is 6. The summed E-state index contributed by atoms with van der Waals surface area (Å²) in [5, 5.41) is 0. The molecule has 0 aliphatic heterocycles. The lowest BCUT2D eigenvalue weighted by Gasteiger charge is -2.18. The molecule has 0 aromatic carbocycles. The van der Waals surface area contributed by atoms with E-state index in [1.54, 1.807) is 0 Å². The monoisotopic (exact) mass is 1060 g/mol. The van der Waals surface area contributed by atoms with Crippen LogP contribution in [0.3, 0.4) is 0 Å². The van der Waals surface area contributed by atoms with Gasteiger partial charge in [0.25, 0.3) is 0 Å². The van der Waals surface area contributed by atoms with Crippen molar-refractivity contribution in [3.8, 4) is 0 Å². The molecule has 77 heavy (non-hydrogen) atoms. The van der Waals surface area contributed by atoms with Crippen LogP contribution >= 0.6 is 0 Å². The van der Waals surface area contributed by atoms with Crippen molar-refractivity contribution < 1.29 is 28.6 Å². The molecule has 0 saturated heterocycles. The lowest BCUT2D eigenvalue weighted by atomic mass is 10.1. The third kappa shape index (κ3) is 61.8. The number of hydrogen-bond donors (Lipinski definition) is 0. The predicted octanol–water partition coefficient (Wildman–Crippen LogP) is 21.3. The van der Waals surface area contributed by atoms with Crippen LogP contribution < -0.4 is 0 Å². The maximum absolute atomic E-state index is 12.8. The summed E-state index contributed by atoms with van der Waals surface area (Å²) >= 11 is 0. The minimum atomic E-state index is -0.803. The van der Waals surface area contributed by atoms with E-state index in [0.717, 1.165) is 154 Å². The van der Waals surface area contributed by atoms with Crippen molar-refractivity contribution in [3.63, 3.8) is 0 Å². The number of esters is 3. The first-order valence-electron chi connectivity index (χ1n) is 31.0. The van der Waals surface area contributed by atoms with Gasteiger partial charge in [-0.25, -0.2) is 0 Å². The third-order valence-corrected chi connectivity index (χ3v) is 12.5. The van der Waals surface area contributed by atoms with Gasteiger partial charge in [0.15, 0.2) is 6.10 Å². The largest absolute Gasteiger partial charge is 0.462 e. The normalized spacial score (nSPS) is 13.2. The van der Waals surface area contributed by atoms with Crippen LogP contribution in [0.15, 0.2) is 158 Å². The number of carbonyl (C=O) groups is 3. The summed E-state index contributed by atoms with van der Waals surface area (Å²) in [7, 11) is 0. The van der Waals surface area contributed by atoms with Crippen LogP contribution in [-0.4, -0.2) is 37.2 Å². The number of rotatable bonds is 54. The average molecular weight is 1060 g/mol. The molecule has 0 amide bonds. The van der Waals surface area contributed by atoms with Gasteiger partial charge in [-0.05, 0) is 128 Å². The van der Waals surface area contributed by atoms with Crippen molar-refractivity contribution in [3.05, 3.63) is 158 Å². The second-order valence-electron chi connectivity index (χ2n) is 19.9. The van der Waals surface area contributed by atoms with Crippen LogP contribution in [-0.2, 0) is 28.6 Å². The first-order chi connectivity index (χ1) is 38.0. The van der Waals surface area contributed by atoms with Gasteiger partial charge in [-0.15, -0.1) is 0 Å². The van der Waals surface area contributed by atoms with Gasteiger partial charge in [-0.2, -0.15) is 0 Å². The summed E-state index contributed by atoms with van der Waals surface area (Å²) in [6.45, 7) is 6.32. The molecule has 1 unspecified atom stereocenters. The van der Waals surface area contributed by atoms with Crippen molar-refractivity contribution in [2.45, 2.75) is 258 Å². The van der Waals surface area contributed by atoms with E-state index in [1.165, 1.54) is 57.8 Å². The molecule has 6 heteroatoms. The van der Waals surface area contributed by atoms with Gasteiger partial charge in [0.2, 0.25) is 0 Å². The summed E-state index contributed by atoms with van der Waals surface area (Å²) in [6.07, 6.45) is 92.7. The molecule has 1 atom stereocenters. The standard InChI is InChI=1S/C71H112O6/c1-4-7-10-13-16-18-20-22-24-26-28-29-30-31-32-33-34-35-36-37-38-39-40-41-43-44-46-48-50-52-55-58-61-64-70(73)76-67-68(66-75-69(72)63-60-57-54-15-12-9-6-3)77-71(74)65-62-59-56-53-51-49-47-45-42-27-25-23-21-19-17-14-11-8-5-2/h7-8,10-11,16-19,22-25,28-29,31-32,34-35,37-38,40-42,45,49,51,68H,4-6,9,12-15,20-21,26-27,30,33,36,39,43-44,46-48,50,52-67H2,1-3H3/b10-7-,11-8-,18-16-,19-17-,24-22-,25-23-,29-28-,32-31-,35-34-,38-37-,41-40-,45-42-,51-49-. The Morgan fingerprint density at radius 1 is 0.273 bits per heavy atom. The molecule has 0 N–H and O–H groups in total. The second-order valence-corrected chi connectivity index (χ2v) is 19.9. The van der Waals surface area contributed by atoms with Crippen molar-refractivity contribution in [1.82, 2.24) is 0 Å². The summed E-state index contributed by atoms with van der Waals surface area (Å²) in [6, 6.07) is 0. The van der Waals surface area contributed by atoms with Crippen LogP contribution in [0.5, 0.6) is 0 Å². The first-order valence-corrected chi connectivity index (χ1v) is 31.0. The summed E-state index contributed by atoms with van der Waals surface area (Å²) < 4.78 is 16.8. The minimum Gasteiger partial charge on any atom is -0.462 e. The molecule has 0 saturated carbocycles. The number of allylic oxidation sites excluding steroid dienone is 26. The molecule has 0 aromatic heterocycles. The Bertz CT molecular complexity index is 1740. The van der Waals surface area contributed by atoms with Crippen LogP contribution in [0.2, 0.25) is 0 Å². The van der Waals surface area contributed by atoms with Crippen LogP contribution in [0.25, 0.3) is 0 Å². The van der Waals surface area contributed by atoms with Gasteiger partial charge in [0, 0.05) is 19.3 Å². The Labute approximate surface area is 473 Å². The van der Waals surface area contributed by atoms with E-state index in [4.69, 9.17) is 14.2 Å². The SMILES string of the molecule is CC/C=C\C/C=C\C/C=C\C/C=C\C/C=C\C/C=C\C/C=C\C/C=C\CCCCCCCCCCC(=O)OCC(COC(=O)CCCCCCCCC)OC(=O)CCCCC/C=C\C/C=C\C/C=C\C/C=C\C/C=C\CC. The number of carbonyl (C=O) groups excluding carboxylic acids is 3. The molecule has 0 bridgehead atoms. The van der Waals surface area contributed by atoms with Gasteiger partial charge in [-0.3, -0.25) is 14.4 Å². The molecule has 6 nitrogen and oxygen atoms in total. The fourth-order valence-electron chi connectivity index (χ4n) is 7.95. The number of ether oxygens (including phenoxy) is 3. The topological polar surface area (TPSA) is 78.9 Å². The molecule has 432 valence electrons. The molecular weight excluding hydrogens is 949 g/mol. The Kier molecular flexibility index (Phi) is 59.5. The van der Waals surface area contributed by atoms with E-state index in [1.807, 2.05) is 0 Å². The molecule has 0 fully saturated rings. The quantitative estimate of drug-likeness (QED) is 0.0261. The van der Waals surface area contributed by atoms with Crippen molar-refractivity contribution in [2.75, 3.05) is 13.2 Å². The van der Waals surface area contributed by atoms with Crippen LogP contribution in [0.1, 0.15) is 252 Å². The zero-order chi connectivity index (χ0) is 55.7. The fraction of sp³-hybridized carbons (Fsp3) is 0.592. The lowest BCUT2D eigenvalue weighted by Crippen LogP contribution is -2.30. The number of unbranched alkanes of at least 4 members (excludes halogenated alkanes) is 17. The van der Waals surface area contributed by atoms with Crippen LogP contribution in [0.4, 0.5) is 0 Å². The summed E-state index contributed by atoms with van der Waals surface area (Å²) in [5.41, 5.74) is 0. The van der Waals surface area contributed by atoms with Crippen molar-refractivity contribution in [1.29, 1.82) is 0 Å². The molecule has 0 radical (unpaired) electrons. The van der Waals surface area contributed by atoms with Gasteiger partial charge in [0.1, 0.15) is 13.2 Å². The van der Waals surface area contributed by atoms with Gasteiger partial charge < -0.3 is 14.2 Å². The first kappa shape index (κ1) is 72.0. The highest BCUT2D eigenvalue weighted by Crippen LogP contribution is 2.14. The molecule has 0 aromatic rings. The molecule has 0 heterocycles. The fourth-order valence-corrected chi connectivity index (χ4v) is 7.95. The van der Waals surface area contributed by atoms with E-state index < -0.39 is 6.10 Å². The van der Waals surface area contributed by atoms with Crippen LogP contribution in [0, 0.1) is 0 Å². The zero-order valence-corrected chi connectivity index (χ0v) is 49.4. The van der Waals surface area contributed by atoms with Gasteiger partial charge >= 0.3 is 17.9 Å². The molecule has 0 aliphatic rings. The molecular formula is C71H112O6. The van der Waals surface area contributed by atoms with Crippen molar-refractivity contribution in [2.24, 2.45) is 0 Å². The average Bonchev–Trinajstić information content (AvgIpc) is 3.43. The van der Waals surface area contributed by atoms with E-state index in [9.17, 15) is 14.4 Å². The van der Waals surface area contributed by atoms with E-state index in [0.29, 0.717) is 12.8 Å². The second kappa shape index (κ2) is 63.6. The summed E-state index contributed by atoms with van der Waals surface area (Å²) in [5.74, 6) is -0.953. The highest BCUT2D eigenvalue weighted by atomic mass is 16.6. The van der Waals surface area contributed by atoms with Gasteiger partial charge in [0.05, 0.1) is 0 Å². The van der Waals surface area contributed by atoms with Gasteiger partial charge in [-0.1, -0.05) is 262 Å². The predicted molar refractivity (Wildman–Crippen MR) is 334 cm³/mol. The van der Waals surface area contributed by atoms with Crippen molar-refractivity contribution >= 4 is 17.9 Å². The molecule has 0 rings (SSSR count). The Balaban J connectivity index is 4.22. The lowest BCUT2D eigenvalue weighted by molar-refractivity contribution is -0.167. The third-order valence-electron chi connectivity index (χ3n) is 12.5. The van der Waals surface area contributed by atoms with E-state index in [-0.39, 0.29) is 37.5 Å². The Morgan fingerprint density at radius 3 is 0.805 bits per heavy atom. The minimum absolute atomic E-state index is 0.0988. The molecule has 0 aliphatic carbocycles. The van der Waals surface area contributed by atoms with E-state index >= 15 is 0 Å². The maximum atomic E-state index is 12.8. The smallest absolute Gasteiger partial charge is 0.306 e. The highest BCUT2D eigenvalue weighted by Gasteiger charge is 2.19. The summed E-state index contributed by atoms with van der Waals surface area (Å²) in [4.78, 5) is 38.0. The molecule has 0 spiro atoms. The highest BCUT2D eigenvalue weighted by molar-refractivity contribution is 5.71. The Morgan fingerprint density at radius 2 is 0.506 bits per heavy atom. The Hall–Kier alpha value is -4.97. The van der Waals surface area contributed by atoms with E-state index in [2.05, 4.69) is 179 Å². The maximum Gasteiger partial charge on any atom is 0.306 e.